The first-order chi connectivity index (χ1) is 11.5. The molecule has 0 saturated heterocycles. The van der Waals surface area contributed by atoms with Crippen LogP contribution < -0.4 is 14.2 Å². The molecule has 0 amide bonds. The minimum Gasteiger partial charge on any atom is -0.486 e. The van der Waals surface area contributed by atoms with Crippen LogP contribution in [0.1, 0.15) is 10.4 Å². The molecule has 2 aromatic carbocycles. The van der Waals surface area contributed by atoms with Crippen LogP contribution in [0.15, 0.2) is 30.3 Å². The van der Waals surface area contributed by atoms with Crippen molar-refractivity contribution in [1.29, 1.82) is 0 Å². The number of benzene rings is 2. The number of nitro groups is 1. The Balaban J connectivity index is 1.92. The summed E-state index contributed by atoms with van der Waals surface area (Å²) in [5, 5.41) is 11.1. The maximum atomic E-state index is 13.3. The van der Waals surface area contributed by atoms with Gasteiger partial charge in [0.25, 0.3) is 0 Å². The summed E-state index contributed by atoms with van der Waals surface area (Å²) in [6, 6.07) is 5.19. The zero-order valence-corrected chi connectivity index (χ0v) is 12.7. The second-order valence-corrected chi connectivity index (χ2v) is 5.15. The van der Waals surface area contributed by atoms with Gasteiger partial charge in [-0.1, -0.05) is 11.6 Å². The molecule has 0 radical (unpaired) electrons. The Labute approximate surface area is 139 Å². The van der Waals surface area contributed by atoms with E-state index < -0.39 is 28.1 Å². The van der Waals surface area contributed by atoms with Gasteiger partial charge in [-0.15, -0.1) is 0 Å². The van der Waals surface area contributed by atoms with Crippen LogP contribution in [0.4, 0.5) is 10.1 Å². The van der Waals surface area contributed by atoms with Crippen LogP contribution >= 0.6 is 11.6 Å². The van der Waals surface area contributed by atoms with Crippen LogP contribution in [0.5, 0.6) is 17.2 Å². The molecule has 0 saturated carbocycles. The molecular weight excluding hydrogens is 345 g/mol. The molecule has 1 aliphatic rings. The summed E-state index contributed by atoms with van der Waals surface area (Å²) in [5.74, 6) is -1.66. The van der Waals surface area contributed by atoms with Crippen LogP contribution in [0.2, 0.25) is 5.02 Å². The van der Waals surface area contributed by atoms with Crippen molar-refractivity contribution < 1.29 is 28.3 Å². The van der Waals surface area contributed by atoms with E-state index in [4.69, 9.17) is 25.8 Å². The highest BCUT2D eigenvalue weighted by atomic mass is 35.5. The topological polar surface area (TPSA) is 87.9 Å². The van der Waals surface area contributed by atoms with Gasteiger partial charge in [-0.05, 0) is 18.2 Å². The molecule has 2 aromatic rings. The summed E-state index contributed by atoms with van der Waals surface area (Å²) in [5.41, 5.74) is -0.545. The van der Waals surface area contributed by atoms with Crippen molar-refractivity contribution in [3.63, 3.8) is 0 Å². The highest BCUT2D eigenvalue weighted by Crippen LogP contribution is 2.38. The monoisotopic (exact) mass is 353 g/mol. The molecule has 3 rings (SSSR count). The molecule has 9 heteroatoms. The van der Waals surface area contributed by atoms with E-state index in [1.165, 1.54) is 12.1 Å². The molecule has 0 bridgehead atoms. The number of hydrogen-bond acceptors (Lipinski definition) is 6. The van der Waals surface area contributed by atoms with Gasteiger partial charge in [0.1, 0.15) is 19.0 Å². The van der Waals surface area contributed by atoms with E-state index >= 15 is 0 Å². The average molecular weight is 354 g/mol. The molecule has 0 spiro atoms. The Morgan fingerprint density at radius 3 is 2.75 bits per heavy atom. The van der Waals surface area contributed by atoms with Crippen molar-refractivity contribution in [3.05, 3.63) is 56.8 Å². The zero-order valence-electron chi connectivity index (χ0n) is 12.0. The van der Waals surface area contributed by atoms with Gasteiger partial charge < -0.3 is 14.2 Å². The van der Waals surface area contributed by atoms with Gasteiger partial charge in [-0.25, -0.2) is 9.18 Å². The van der Waals surface area contributed by atoms with Crippen molar-refractivity contribution in [1.82, 2.24) is 0 Å². The van der Waals surface area contributed by atoms with Crippen molar-refractivity contribution in [3.8, 4) is 17.2 Å². The normalized spacial score (nSPS) is 12.6. The van der Waals surface area contributed by atoms with Gasteiger partial charge in [0.15, 0.2) is 11.5 Å². The maximum Gasteiger partial charge on any atom is 0.343 e. The summed E-state index contributed by atoms with van der Waals surface area (Å²) in [6.45, 7) is 0.614. The number of carbonyl (C=O) groups is 1. The lowest BCUT2D eigenvalue weighted by Gasteiger charge is -2.19. The summed E-state index contributed by atoms with van der Waals surface area (Å²) >= 11 is 6.02. The summed E-state index contributed by atoms with van der Waals surface area (Å²) in [6.07, 6.45) is 0. The van der Waals surface area contributed by atoms with E-state index in [2.05, 4.69) is 0 Å². The molecule has 0 atom stereocenters. The lowest BCUT2D eigenvalue weighted by atomic mass is 10.2. The van der Waals surface area contributed by atoms with E-state index in [9.17, 15) is 19.3 Å². The number of esters is 1. The summed E-state index contributed by atoms with van der Waals surface area (Å²) < 4.78 is 28.9. The number of nitro benzene ring substituents is 1. The van der Waals surface area contributed by atoms with Crippen LogP contribution in [-0.2, 0) is 0 Å². The molecule has 24 heavy (non-hydrogen) atoms. The number of rotatable bonds is 3. The molecule has 1 aliphatic heterocycles. The molecule has 0 N–H and O–H groups in total. The molecule has 0 aromatic heterocycles. The van der Waals surface area contributed by atoms with Crippen molar-refractivity contribution in [2.45, 2.75) is 0 Å². The van der Waals surface area contributed by atoms with Crippen LogP contribution in [0, 0.1) is 15.9 Å². The first-order valence-corrected chi connectivity index (χ1v) is 7.09. The molecule has 0 fully saturated rings. The Morgan fingerprint density at radius 1 is 1.25 bits per heavy atom. The second kappa shape index (κ2) is 6.32. The first kappa shape index (κ1) is 16.0. The largest absolute Gasteiger partial charge is 0.486 e. The smallest absolute Gasteiger partial charge is 0.343 e. The number of halogens is 2. The third-order valence-electron chi connectivity index (χ3n) is 3.15. The average Bonchev–Trinajstić information content (AvgIpc) is 2.54. The summed E-state index contributed by atoms with van der Waals surface area (Å²) in [7, 11) is 0. The van der Waals surface area contributed by atoms with Gasteiger partial charge in [-0.3, -0.25) is 10.1 Å². The quantitative estimate of drug-likeness (QED) is 0.364. The van der Waals surface area contributed by atoms with E-state index in [-0.39, 0.29) is 22.9 Å². The van der Waals surface area contributed by atoms with Gasteiger partial charge in [0, 0.05) is 12.1 Å². The fourth-order valence-electron chi connectivity index (χ4n) is 2.11. The zero-order chi connectivity index (χ0) is 17.3. The fourth-order valence-corrected chi connectivity index (χ4v) is 2.37. The summed E-state index contributed by atoms with van der Waals surface area (Å²) in [4.78, 5) is 22.4. The van der Waals surface area contributed by atoms with Gasteiger partial charge in [0.2, 0.25) is 5.75 Å². The van der Waals surface area contributed by atoms with Gasteiger partial charge >= 0.3 is 11.7 Å². The second-order valence-electron chi connectivity index (χ2n) is 4.74. The molecule has 124 valence electrons. The Morgan fingerprint density at radius 2 is 2.00 bits per heavy atom. The van der Waals surface area contributed by atoms with E-state index in [1.807, 2.05) is 0 Å². The highest BCUT2D eigenvalue weighted by molar-refractivity contribution is 6.32. The maximum absolute atomic E-state index is 13.3. The third kappa shape index (κ3) is 3.09. The molecule has 0 aliphatic carbocycles. The Kier molecular flexibility index (Phi) is 4.22. The standard InChI is InChI=1S/C15H9ClFNO6/c16-10-5-8(6-13-14(10)23-4-3-22-13)15(19)24-12-7-9(17)1-2-11(12)18(20)21/h1-2,5-7H,3-4H2. The minimum atomic E-state index is -0.942. The number of nitrogens with zero attached hydrogens (tertiary/aromatic N) is 1. The van der Waals surface area contributed by atoms with Crippen LogP contribution in [0.25, 0.3) is 0 Å². The highest BCUT2D eigenvalue weighted by Gasteiger charge is 2.23. The fraction of sp³-hybridized carbons (Fsp3) is 0.133. The first-order valence-electron chi connectivity index (χ1n) is 6.71. The van der Waals surface area contributed by atoms with E-state index in [1.54, 1.807) is 0 Å². The van der Waals surface area contributed by atoms with Crippen LogP contribution in [-0.4, -0.2) is 24.1 Å². The number of carbonyl (C=O) groups excluding carboxylic acids is 1. The van der Waals surface area contributed by atoms with Crippen molar-refractivity contribution >= 4 is 23.3 Å². The predicted octanol–water partition coefficient (Wildman–Crippen LogP) is 3.38. The van der Waals surface area contributed by atoms with Gasteiger partial charge in [0.05, 0.1) is 15.5 Å². The van der Waals surface area contributed by atoms with Gasteiger partial charge in [-0.2, -0.15) is 0 Å². The SMILES string of the molecule is O=C(Oc1cc(F)ccc1[N+](=O)[O-])c1cc(Cl)c2c(c1)OCCO2. The minimum absolute atomic E-state index is 0.0113. The number of ether oxygens (including phenoxy) is 3. The van der Waals surface area contributed by atoms with E-state index in [0.717, 1.165) is 18.2 Å². The van der Waals surface area contributed by atoms with Crippen molar-refractivity contribution in [2.24, 2.45) is 0 Å². The predicted molar refractivity (Wildman–Crippen MR) is 80.5 cm³/mol. The Hall–Kier alpha value is -2.87. The van der Waals surface area contributed by atoms with E-state index in [0.29, 0.717) is 12.4 Å². The van der Waals surface area contributed by atoms with Crippen molar-refractivity contribution in [2.75, 3.05) is 13.2 Å². The molecular formula is C15H9ClFNO6. The molecule has 7 nitrogen and oxygen atoms in total. The molecule has 1 heterocycles. The lowest BCUT2D eigenvalue weighted by Crippen LogP contribution is -2.17. The lowest BCUT2D eigenvalue weighted by molar-refractivity contribution is -0.385. The third-order valence-corrected chi connectivity index (χ3v) is 3.43. The number of fused-ring (bicyclic) bond motifs is 1. The number of hydrogen-bond donors (Lipinski definition) is 0. The Bertz CT molecular complexity index is 841. The molecule has 0 unspecified atom stereocenters. The van der Waals surface area contributed by atoms with Crippen LogP contribution in [0.3, 0.4) is 0 Å².